The maximum Gasteiger partial charge on any atom is 0.416 e. The van der Waals surface area contributed by atoms with Crippen molar-refractivity contribution in [1.29, 1.82) is 0 Å². The number of benzene rings is 1. The number of hydrogen-bond donors (Lipinski definition) is 0. The molecule has 1 rings (SSSR count). The number of methoxy groups -OCH3 is 1. The minimum Gasteiger partial charge on any atom is -0.469 e. The highest BCUT2D eigenvalue weighted by molar-refractivity contribution is 7.84. The molecule has 2 atom stereocenters. The number of ether oxygens (including phenoxy) is 1. The number of esters is 1. The van der Waals surface area contributed by atoms with Gasteiger partial charge in [0, 0.05) is 21.8 Å². The molecule has 7 heteroatoms. The first-order valence-electron chi connectivity index (χ1n) is 5.84. The summed E-state index contributed by atoms with van der Waals surface area (Å²) in [5.74, 6) is -0.352. The van der Waals surface area contributed by atoms with Crippen LogP contribution >= 0.6 is 0 Å². The number of alkyl halides is 3. The van der Waals surface area contributed by atoms with E-state index in [4.69, 9.17) is 0 Å². The van der Waals surface area contributed by atoms with E-state index in [9.17, 15) is 22.2 Å². The van der Waals surface area contributed by atoms with Gasteiger partial charge < -0.3 is 4.74 Å². The predicted molar refractivity (Wildman–Crippen MR) is 69.4 cm³/mol. The molecule has 2 unspecified atom stereocenters. The topological polar surface area (TPSA) is 43.4 Å². The lowest BCUT2D eigenvalue weighted by atomic mass is 10.1. The van der Waals surface area contributed by atoms with Crippen molar-refractivity contribution >= 4 is 16.8 Å². The Morgan fingerprint density at radius 3 is 2.30 bits per heavy atom. The highest BCUT2D eigenvalue weighted by Gasteiger charge is 2.30. The second kappa shape index (κ2) is 6.88. The van der Waals surface area contributed by atoms with Crippen LogP contribution in [0.4, 0.5) is 13.2 Å². The molecule has 0 fully saturated rings. The molecule has 0 N–H and O–H groups in total. The van der Waals surface area contributed by atoms with Crippen molar-refractivity contribution in [2.75, 3.05) is 7.11 Å². The van der Waals surface area contributed by atoms with E-state index in [2.05, 4.69) is 4.74 Å². The van der Waals surface area contributed by atoms with Crippen molar-refractivity contribution in [3.05, 3.63) is 35.4 Å². The molecular weight excluding hydrogens is 293 g/mol. The first kappa shape index (κ1) is 16.7. The molecule has 0 heterocycles. The summed E-state index contributed by atoms with van der Waals surface area (Å²) in [6.45, 7) is 1.64. The minimum atomic E-state index is -4.38. The molecule has 0 aliphatic heterocycles. The van der Waals surface area contributed by atoms with Gasteiger partial charge in [0.2, 0.25) is 0 Å². The largest absolute Gasteiger partial charge is 0.469 e. The van der Waals surface area contributed by atoms with E-state index >= 15 is 0 Å². The molecule has 0 aromatic heterocycles. The fourth-order valence-corrected chi connectivity index (χ4v) is 2.63. The Balaban J connectivity index is 2.65. The molecule has 0 radical (unpaired) electrons. The highest BCUT2D eigenvalue weighted by Crippen LogP contribution is 2.29. The smallest absolute Gasteiger partial charge is 0.416 e. The Kier molecular flexibility index (Phi) is 5.74. The normalized spacial score (nSPS) is 14.7. The van der Waals surface area contributed by atoms with Gasteiger partial charge in [-0.3, -0.25) is 9.00 Å². The third-order valence-electron chi connectivity index (χ3n) is 2.72. The van der Waals surface area contributed by atoms with Crippen LogP contribution in [0.15, 0.2) is 24.3 Å². The van der Waals surface area contributed by atoms with Crippen LogP contribution in [-0.2, 0) is 32.3 Å². The summed E-state index contributed by atoms with van der Waals surface area (Å²) in [4.78, 5) is 11.1. The van der Waals surface area contributed by atoms with Gasteiger partial charge in [0.15, 0.2) is 0 Å². The summed E-state index contributed by atoms with van der Waals surface area (Å²) in [7, 11) is -0.104. The summed E-state index contributed by atoms with van der Waals surface area (Å²) in [6, 6.07) is 4.51. The highest BCUT2D eigenvalue weighted by atomic mass is 32.2. The van der Waals surface area contributed by atoms with E-state index in [1.54, 1.807) is 6.92 Å². The molecule has 20 heavy (non-hydrogen) atoms. The van der Waals surface area contributed by atoms with E-state index in [1.165, 1.54) is 19.2 Å². The first-order chi connectivity index (χ1) is 9.24. The zero-order chi connectivity index (χ0) is 15.3. The zero-order valence-corrected chi connectivity index (χ0v) is 11.9. The van der Waals surface area contributed by atoms with Gasteiger partial charge in [0.1, 0.15) is 0 Å². The number of halogens is 3. The standard InChI is InChI=1S/C13H15F3O3S/c1-9(7-12(17)19-2)20(18)8-10-3-5-11(6-4-10)13(14,15)16/h3-6,9H,7-8H2,1-2H3. The number of rotatable bonds is 5. The van der Waals surface area contributed by atoms with Crippen molar-refractivity contribution in [2.45, 2.75) is 30.5 Å². The average Bonchev–Trinajstić information content (AvgIpc) is 2.38. The van der Waals surface area contributed by atoms with Gasteiger partial charge in [0.25, 0.3) is 0 Å². The predicted octanol–water partition coefficient (Wildman–Crippen LogP) is 2.91. The zero-order valence-electron chi connectivity index (χ0n) is 11.1. The van der Waals surface area contributed by atoms with Gasteiger partial charge in [-0.1, -0.05) is 19.1 Å². The van der Waals surface area contributed by atoms with Crippen LogP contribution in [0.25, 0.3) is 0 Å². The lowest BCUT2D eigenvalue weighted by Gasteiger charge is -2.11. The van der Waals surface area contributed by atoms with Crippen LogP contribution < -0.4 is 0 Å². The van der Waals surface area contributed by atoms with E-state index in [0.717, 1.165) is 12.1 Å². The molecule has 0 bridgehead atoms. The summed E-state index contributed by atoms with van der Waals surface area (Å²) < 4.78 is 53.5. The van der Waals surface area contributed by atoms with E-state index in [1.807, 2.05) is 0 Å². The Bertz CT molecular complexity index is 483. The Hall–Kier alpha value is -1.37. The maximum atomic E-state index is 12.4. The Labute approximate surface area is 117 Å². The fourth-order valence-electron chi connectivity index (χ4n) is 1.51. The van der Waals surface area contributed by atoms with Crippen molar-refractivity contribution in [3.63, 3.8) is 0 Å². The van der Waals surface area contributed by atoms with E-state index < -0.39 is 33.8 Å². The van der Waals surface area contributed by atoms with Crippen LogP contribution in [0.3, 0.4) is 0 Å². The molecule has 3 nitrogen and oxygen atoms in total. The van der Waals surface area contributed by atoms with Crippen molar-refractivity contribution in [2.24, 2.45) is 0 Å². The van der Waals surface area contributed by atoms with Gasteiger partial charge in [-0.15, -0.1) is 0 Å². The van der Waals surface area contributed by atoms with Gasteiger partial charge in [-0.05, 0) is 17.7 Å². The summed E-state index contributed by atoms with van der Waals surface area (Å²) in [6.07, 6.45) is -4.36. The van der Waals surface area contributed by atoms with E-state index in [0.29, 0.717) is 5.56 Å². The van der Waals surface area contributed by atoms with Crippen LogP contribution in [0.1, 0.15) is 24.5 Å². The Morgan fingerprint density at radius 1 is 1.30 bits per heavy atom. The molecule has 0 aliphatic rings. The SMILES string of the molecule is COC(=O)CC(C)S(=O)Cc1ccc(C(F)(F)F)cc1. The van der Waals surface area contributed by atoms with Crippen molar-refractivity contribution in [1.82, 2.24) is 0 Å². The van der Waals surface area contributed by atoms with Gasteiger partial charge >= 0.3 is 12.1 Å². The first-order valence-corrected chi connectivity index (χ1v) is 7.22. The van der Waals surface area contributed by atoms with E-state index in [-0.39, 0.29) is 12.2 Å². The molecule has 0 saturated heterocycles. The second-order valence-corrected chi connectivity index (χ2v) is 6.17. The minimum absolute atomic E-state index is 0.0176. The number of hydrogen-bond acceptors (Lipinski definition) is 3. The molecule has 112 valence electrons. The summed E-state index contributed by atoms with van der Waals surface area (Å²) >= 11 is 0. The van der Waals surface area contributed by atoms with Crippen LogP contribution in [0.2, 0.25) is 0 Å². The fraction of sp³-hybridized carbons (Fsp3) is 0.462. The third kappa shape index (κ3) is 4.96. The number of carbonyl (C=O) groups excluding carboxylic acids is 1. The lowest BCUT2D eigenvalue weighted by Crippen LogP contribution is -2.18. The molecule has 0 amide bonds. The third-order valence-corrected chi connectivity index (χ3v) is 4.40. The summed E-state index contributed by atoms with van der Waals surface area (Å²) in [5.41, 5.74) is -0.206. The van der Waals surface area contributed by atoms with Crippen molar-refractivity contribution in [3.8, 4) is 0 Å². The maximum absolute atomic E-state index is 12.4. The van der Waals surface area contributed by atoms with Gasteiger partial charge in [0.05, 0.1) is 19.1 Å². The molecule has 0 saturated carbocycles. The van der Waals surface area contributed by atoms with Crippen LogP contribution in [0.5, 0.6) is 0 Å². The van der Waals surface area contributed by atoms with Crippen LogP contribution in [0, 0.1) is 0 Å². The molecule has 0 spiro atoms. The molecular formula is C13H15F3O3S. The molecule has 0 aliphatic carbocycles. The summed E-state index contributed by atoms with van der Waals surface area (Å²) in [5, 5.41) is -0.412. The quantitative estimate of drug-likeness (QED) is 0.786. The number of carbonyl (C=O) groups is 1. The lowest BCUT2D eigenvalue weighted by molar-refractivity contribution is -0.140. The Morgan fingerprint density at radius 2 is 1.85 bits per heavy atom. The average molecular weight is 308 g/mol. The van der Waals surface area contributed by atoms with Crippen LogP contribution in [-0.4, -0.2) is 22.5 Å². The van der Waals surface area contributed by atoms with Gasteiger partial charge in [-0.25, -0.2) is 0 Å². The van der Waals surface area contributed by atoms with Crippen molar-refractivity contribution < 1.29 is 26.9 Å². The molecule has 1 aromatic rings. The van der Waals surface area contributed by atoms with Gasteiger partial charge in [-0.2, -0.15) is 13.2 Å². The molecule has 1 aromatic carbocycles. The monoisotopic (exact) mass is 308 g/mol. The second-order valence-electron chi connectivity index (χ2n) is 4.31.